The minimum absolute atomic E-state index is 0.0232. The zero-order valence-corrected chi connectivity index (χ0v) is 12.2. The van der Waals surface area contributed by atoms with Gasteiger partial charge in [0.15, 0.2) is 0 Å². The lowest BCUT2D eigenvalue weighted by Crippen LogP contribution is -2.09. The lowest BCUT2D eigenvalue weighted by molar-refractivity contribution is -0.384. The molecule has 0 aliphatic heterocycles. The number of amides is 1. The van der Waals surface area contributed by atoms with Crippen LogP contribution >= 0.6 is 11.6 Å². The number of rotatable bonds is 4. The molecule has 2 aromatic rings. The van der Waals surface area contributed by atoms with Crippen LogP contribution in [0.3, 0.4) is 0 Å². The first kappa shape index (κ1) is 16.6. The van der Waals surface area contributed by atoms with Crippen LogP contribution in [-0.4, -0.2) is 10.8 Å². The summed E-state index contributed by atoms with van der Waals surface area (Å²) in [6, 6.07) is 6.75. The van der Waals surface area contributed by atoms with Gasteiger partial charge in [0.25, 0.3) is 5.69 Å². The number of nitrogens with one attached hydrogen (secondary N) is 1. The molecule has 0 saturated carbocycles. The molecule has 23 heavy (non-hydrogen) atoms. The van der Waals surface area contributed by atoms with Gasteiger partial charge in [-0.15, -0.1) is 0 Å². The van der Waals surface area contributed by atoms with Gasteiger partial charge in [-0.25, -0.2) is 8.78 Å². The summed E-state index contributed by atoms with van der Waals surface area (Å²) in [6.07, 6.45) is 2.37. The van der Waals surface area contributed by atoms with Crippen LogP contribution in [0.4, 0.5) is 20.2 Å². The highest BCUT2D eigenvalue weighted by Crippen LogP contribution is 2.25. The zero-order chi connectivity index (χ0) is 17.0. The third-order valence-corrected chi connectivity index (χ3v) is 3.10. The molecule has 2 rings (SSSR count). The molecular weight excluding hydrogens is 330 g/mol. The monoisotopic (exact) mass is 338 g/mol. The molecule has 0 unspecified atom stereocenters. The summed E-state index contributed by atoms with van der Waals surface area (Å²) < 4.78 is 26.1. The second kappa shape index (κ2) is 6.97. The molecule has 0 saturated heterocycles. The van der Waals surface area contributed by atoms with Gasteiger partial charge in [-0.2, -0.15) is 0 Å². The van der Waals surface area contributed by atoms with Crippen molar-refractivity contribution in [3.8, 4) is 0 Å². The van der Waals surface area contributed by atoms with Crippen molar-refractivity contribution in [2.45, 2.75) is 0 Å². The van der Waals surface area contributed by atoms with Gasteiger partial charge in [0.2, 0.25) is 5.91 Å². The summed E-state index contributed by atoms with van der Waals surface area (Å²) in [6.45, 7) is 0. The van der Waals surface area contributed by atoms with Gasteiger partial charge in [-0.3, -0.25) is 14.9 Å². The zero-order valence-electron chi connectivity index (χ0n) is 11.4. The van der Waals surface area contributed by atoms with Gasteiger partial charge in [-0.1, -0.05) is 17.7 Å². The predicted octanol–water partition coefficient (Wildman–Crippen LogP) is 4.18. The minimum Gasteiger partial charge on any atom is -0.320 e. The van der Waals surface area contributed by atoms with E-state index in [4.69, 9.17) is 11.6 Å². The topological polar surface area (TPSA) is 72.2 Å². The number of nitro benzene ring substituents is 1. The molecule has 0 bridgehead atoms. The molecule has 0 aromatic heterocycles. The van der Waals surface area contributed by atoms with Crippen molar-refractivity contribution < 1.29 is 18.5 Å². The fourth-order valence-electron chi connectivity index (χ4n) is 1.71. The van der Waals surface area contributed by atoms with E-state index < -0.39 is 22.5 Å². The number of nitro groups is 1. The van der Waals surface area contributed by atoms with Crippen molar-refractivity contribution in [3.63, 3.8) is 0 Å². The van der Waals surface area contributed by atoms with Gasteiger partial charge in [-0.05, 0) is 29.8 Å². The van der Waals surface area contributed by atoms with Gasteiger partial charge in [0, 0.05) is 18.2 Å². The van der Waals surface area contributed by atoms with Crippen LogP contribution in [-0.2, 0) is 4.79 Å². The Morgan fingerprint density at radius 3 is 2.61 bits per heavy atom. The second-order valence-electron chi connectivity index (χ2n) is 4.41. The van der Waals surface area contributed by atoms with Gasteiger partial charge >= 0.3 is 0 Å². The maximum atomic E-state index is 13.4. The third-order valence-electron chi connectivity index (χ3n) is 2.78. The second-order valence-corrected chi connectivity index (χ2v) is 4.82. The molecule has 0 radical (unpaired) electrons. The Labute approximate surface area is 134 Å². The van der Waals surface area contributed by atoms with Crippen molar-refractivity contribution in [1.82, 2.24) is 0 Å². The summed E-state index contributed by atoms with van der Waals surface area (Å²) in [5.74, 6) is -2.34. The van der Waals surface area contributed by atoms with Crippen molar-refractivity contribution in [2.24, 2.45) is 0 Å². The van der Waals surface area contributed by atoms with E-state index in [9.17, 15) is 23.7 Å². The van der Waals surface area contributed by atoms with Gasteiger partial charge in [0.05, 0.1) is 10.6 Å². The van der Waals surface area contributed by atoms with Crippen LogP contribution in [0.15, 0.2) is 42.5 Å². The van der Waals surface area contributed by atoms with Gasteiger partial charge < -0.3 is 5.32 Å². The van der Waals surface area contributed by atoms with Crippen LogP contribution in [0.25, 0.3) is 6.08 Å². The molecule has 1 amide bonds. The minimum atomic E-state index is -0.908. The Balaban J connectivity index is 2.12. The molecule has 0 atom stereocenters. The molecule has 0 heterocycles. The van der Waals surface area contributed by atoms with Crippen LogP contribution < -0.4 is 5.32 Å². The molecule has 8 heteroatoms. The van der Waals surface area contributed by atoms with Crippen LogP contribution in [0.1, 0.15) is 5.56 Å². The largest absolute Gasteiger partial charge is 0.320 e. The molecule has 1 N–H and O–H groups in total. The average Bonchev–Trinajstić information content (AvgIpc) is 2.49. The highest BCUT2D eigenvalue weighted by Gasteiger charge is 2.12. The highest BCUT2D eigenvalue weighted by atomic mass is 35.5. The fourth-order valence-corrected chi connectivity index (χ4v) is 1.90. The third kappa shape index (κ3) is 4.33. The Hall–Kier alpha value is -2.80. The van der Waals surface area contributed by atoms with E-state index in [-0.39, 0.29) is 16.4 Å². The Kier molecular flexibility index (Phi) is 5.02. The number of hydrogen-bond donors (Lipinski definition) is 1. The van der Waals surface area contributed by atoms with Crippen molar-refractivity contribution in [2.75, 3.05) is 5.32 Å². The summed E-state index contributed by atoms with van der Waals surface area (Å²) >= 11 is 5.67. The number of benzene rings is 2. The van der Waals surface area contributed by atoms with Crippen LogP contribution in [0.2, 0.25) is 5.02 Å². The summed E-state index contributed by atoms with van der Waals surface area (Å²) in [7, 11) is 0. The average molecular weight is 339 g/mol. The first-order chi connectivity index (χ1) is 10.9. The van der Waals surface area contributed by atoms with E-state index >= 15 is 0 Å². The summed E-state index contributed by atoms with van der Waals surface area (Å²) in [5.41, 5.74) is -0.0993. The molecule has 5 nitrogen and oxygen atoms in total. The first-order valence-electron chi connectivity index (χ1n) is 6.25. The molecule has 118 valence electrons. The van der Waals surface area contributed by atoms with Crippen LogP contribution in [0, 0.1) is 21.7 Å². The molecule has 0 aliphatic carbocycles. The molecular formula is C15H9ClF2N2O3. The number of carbonyl (C=O) groups is 1. The standard InChI is InChI=1S/C15H9ClF2N2O3/c16-11-4-1-9(7-14(11)20(22)23)2-6-15(21)19-13-5-3-10(17)8-12(13)18/h1-8H,(H,19,21). The van der Waals surface area contributed by atoms with E-state index in [1.807, 2.05) is 0 Å². The van der Waals surface area contributed by atoms with Crippen molar-refractivity contribution in [3.05, 3.63) is 74.8 Å². The smallest absolute Gasteiger partial charge is 0.288 e. The van der Waals surface area contributed by atoms with E-state index in [0.717, 1.165) is 18.2 Å². The number of anilines is 1. The SMILES string of the molecule is O=C(C=Cc1ccc(Cl)c([N+](=O)[O-])c1)Nc1ccc(F)cc1F. The fraction of sp³-hybridized carbons (Fsp3) is 0. The van der Waals surface area contributed by atoms with E-state index in [1.54, 1.807) is 0 Å². The normalized spacial score (nSPS) is 10.7. The lowest BCUT2D eigenvalue weighted by atomic mass is 10.2. The Morgan fingerprint density at radius 2 is 1.96 bits per heavy atom. The Morgan fingerprint density at radius 1 is 1.22 bits per heavy atom. The summed E-state index contributed by atoms with van der Waals surface area (Å²) in [5, 5.41) is 13.0. The number of carbonyl (C=O) groups excluding carboxylic acids is 1. The maximum Gasteiger partial charge on any atom is 0.288 e. The molecule has 2 aromatic carbocycles. The van der Waals surface area contributed by atoms with E-state index in [1.165, 1.54) is 24.3 Å². The van der Waals surface area contributed by atoms with E-state index in [0.29, 0.717) is 11.6 Å². The Bertz CT molecular complexity index is 809. The summed E-state index contributed by atoms with van der Waals surface area (Å²) in [4.78, 5) is 21.8. The molecule has 0 spiro atoms. The van der Waals surface area contributed by atoms with E-state index in [2.05, 4.69) is 5.32 Å². The predicted molar refractivity (Wildman–Crippen MR) is 82.1 cm³/mol. The van der Waals surface area contributed by atoms with Crippen LogP contribution in [0.5, 0.6) is 0 Å². The molecule has 0 aliphatic rings. The lowest BCUT2D eigenvalue weighted by Gasteiger charge is -2.03. The quantitative estimate of drug-likeness (QED) is 0.516. The maximum absolute atomic E-state index is 13.4. The first-order valence-corrected chi connectivity index (χ1v) is 6.62. The molecule has 0 fully saturated rings. The van der Waals surface area contributed by atoms with Crippen molar-refractivity contribution in [1.29, 1.82) is 0 Å². The van der Waals surface area contributed by atoms with Crippen molar-refractivity contribution >= 4 is 35.0 Å². The van der Waals surface area contributed by atoms with Gasteiger partial charge in [0.1, 0.15) is 16.7 Å². The number of halogens is 3. The number of hydrogen-bond acceptors (Lipinski definition) is 3. The number of nitrogens with zero attached hydrogens (tertiary/aromatic N) is 1. The highest BCUT2D eigenvalue weighted by molar-refractivity contribution is 6.32.